The fourth-order valence-corrected chi connectivity index (χ4v) is 3.88. The van der Waals surface area contributed by atoms with Crippen molar-refractivity contribution in [2.24, 2.45) is 0 Å². The van der Waals surface area contributed by atoms with Gasteiger partial charge in [0.2, 0.25) is 0 Å². The van der Waals surface area contributed by atoms with Crippen LogP contribution in [0.5, 0.6) is 0 Å². The molecule has 1 fully saturated rings. The Balaban J connectivity index is 2.04. The zero-order valence-corrected chi connectivity index (χ0v) is 12.6. The van der Waals surface area contributed by atoms with Gasteiger partial charge in [0.05, 0.1) is 0 Å². The summed E-state index contributed by atoms with van der Waals surface area (Å²) < 4.78 is 0. The molecule has 18 heavy (non-hydrogen) atoms. The van der Waals surface area contributed by atoms with E-state index in [0.29, 0.717) is 6.04 Å². The Kier molecular flexibility index (Phi) is 5.67. The van der Waals surface area contributed by atoms with Crippen molar-refractivity contribution in [3.63, 3.8) is 0 Å². The third-order valence-corrected chi connectivity index (χ3v) is 5.00. The fraction of sp³-hybridized carbons (Fsp3) is 0.733. The lowest BCUT2D eigenvalue weighted by Crippen LogP contribution is -2.45. The van der Waals surface area contributed by atoms with Crippen LogP contribution in [0.15, 0.2) is 11.4 Å². The van der Waals surface area contributed by atoms with Crippen molar-refractivity contribution in [3.8, 4) is 0 Å². The van der Waals surface area contributed by atoms with Crippen molar-refractivity contribution >= 4 is 11.3 Å². The van der Waals surface area contributed by atoms with Crippen LogP contribution in [-0.4, -0.2) is 31.1 Å². The SMILES string of the molecule is CCCCC[C@H](c1sccc1C)N1CCNCC1. The van der Waals surface area contributed by atoms with Crippen molar-refractivity contribution in [1.29, 1.82) is 0 Å². The van der Waals surface area contributed by atoms with Crippen LogP contribution in [0.3, 0.4) is 0 Å². The summed E-state index contributed by atoms with van der Waals surface area (Å²) in [4.78, 5) is 4.29. The Bertz CT molecular complexity index is 342. The normalized spacial score (nSPS) is 19.0. The zero-order valence-electron chi connectivity index (χ0n) is 11.7. The number of hydrogen-bond donors (Lipinski definition) is 1. The highest BCUT2D eigenvalue weighted by molar-refractivity contribution is 7.10. The van der Waals surface area contributed by atoms with Gasteiger partial charge in [-0.25, -0.2) is 0 Å². The van der Waals surface area contributed by atoms with Crippen molar-refractivity contribution in [2.75, 3.05) is 26.2 Å². The first-order chi connectivity index (χ1) is 8.83. The summed E-state index contributed by atoms with van der Waals surface area (Å²) in [6.45, 7) is 9.25. The highest BCUT2D eigenvalue weighted by Crippen LogP contribution is 2.33. The van der Waals surface area contributed by atoms with E-state index < -0.39 is 0 Å². The molecule has 1 aliphatic rings. The molecule has 2 nitrogen and oxygen atoms in total. The average Bonchev–Trinajstić information content (AvgIpc) is 2.82. The summed E-state index contributed by atoms with van der Waals surface area (Å²) >= 11 is 1.95. The Morgan fingerprint density at radius 3 is 2.72 bits per heavy atom. The second-order valence-corrected chi connectivity index (χ2v) is 6.21. The molecule has 0 radical (unpaired) electrons. The van der Waals surface area contributed by atoms with Crippen molar-refractivity contribution in [3.05, 3.63) is 21.9 Å². The quantitative estimate of drug-likeness (QED) is 0.792. The monoisotopic (exact) mass is 266 g/mol. The van der Waals surface area contributed by atoms with Gasteiger partial charge in [0.1, 0.15) is 0 Å². The van der Waals surface area contributed by atoms with Crippen LogP contribution in [0.4, 0.5) is 0 Å². The van der Waals surface area contributed by atoms with Crippen molar-refractivity contribution in [2.45, 2.75) is 45.6 Å². The van der Waals surface area contributed by atoms with E-state index >= 15 is 0 Å². The summed E-state index contributed by atoms with van der Waals surface area (Å²) in [5, 5.41) is 5.71. The Morgan fingerprint density at radius 2 is 2.11 bits per heavy atom. The largest absolute Gasteiger partial charge is 0.314 e. The molecule has 0 unspecified atom stereocenters. The van der Waals surface area contributed by atoms with Gasteiger partial charge in [0.15, 0.2) is 0 Å². The van der Waals surface area contributed by atoms with Gasteiger partial charge in [0, 0.05) is 37.1 Å². The van der Waals surface area contributed by atoms with E-state index in [-0.39, 0.29) is 0 Å². The van der Waals surface area contributed by atoms with Crippen LogP contribution in [0.2, 0.25) is 0 Å². The van der Waals surface area contributed by atoms with Crippen molar-refractivity contribution in [1.82, 2.24) is 10.2 Å². The minimum absolute atomic E-state index is 0.665. The maximum atomic E-state index is 3.46. The molecule has 0 saturated carbocycles. The van der Waals surface area contributed by atoms with Gasteiger partial charge in [-0.15, -0.1) is 11.3 Å². The lowest BCUT2D eigenvalue weighted by atomic mass is 10.0. The number of rotatable bonds is 6. The molecule has 1 atom stereocenters. The predicted octanol–water partition coefficient (Wildman–Crippen LogP) is 3.58. The summed E-state index contributed by atoms with van der Waals surface area (Å²) in [6, 6.07) is 2.94. The Morgan fingerprint density at radius 1 is 1.33 bits per heavy atom. The fourth-order valence-electron chi connectivity index (χ4n) is 2.79. The number of piperazine rings is 1. The van der Waals surface area contributed by atoms with Crippen LogP contribution >= 0.6 is 11.3 Å². The first kappa shape index (κ1) is 14.0. The molecule has 1 saturated heterocycles. The second kappa shape index (κ2) is 7.27. The lowest BCUT2D eigenvalue weighted by molar-refractivity contribution is 0.165. The molecule has 102 valence electrons. The molecule has 0 aromatic carbocycles. The molecule has 2 heterocycles. The molecule has 2 rings (SSSR count). The van der Waals surface area contributed by atoms with Crippen LogP contribution in [0.1, 0.15) is 49.1 Å². The standard InChI is InChI=1S/C15H26N2S/c1-3-4-5-6-14(15-13(2)7-12-18-15)17-10-8-16-9-11-17/h7,12,14,16H,3-6,8-11H2,1-2H3/t14-/m1/s1. The summed E-state index contributed by atoms with van der Waals surface area (Å²) in [7, 11) is 0. The van der Waals surface area contributed by atoms with Crippen LogP contribution < -0.4 is 5.32 Å². The average molecular weight is 266 g/mol. The van der Waals surface area contributed by atoms with Gasteiger partial charge in [-0.2, -0.15) is 0 Å². The van der Waals surface area contributed by atoms with E-state index in [2.05, 4.69) is 35.5 Å². The zero-order chi connectivity index (χ0) is 12.8. The van der Waals surface area contributed by atoms with Crippen LogP contribution in [-0.2, 0) is 0 Å². The molecule has 0 spiro atoms. The topological polar surface area (TPSA) is 15.3 Å². The number of unbranched alkanes of at least 4 members (excludes halogenated alkanes) is 2. The first-order valence-corrected chi connectivity index (χ1v) is 8.19. The van der Waals surface area contributed by atoms with Gasteiger partial charge in [-0.3, -0.25) is 4.90 Å². The smallest absolute Gasteiger partial charge is 0.0445 e. The maximum absolute atomic E-state index is 3.46. The molecule has 1 aliphatic heterocycles. The Hall–Kier alpha value is -0.380. The lowest BCUT2D eigenvalue weighted by Gasteiger charge is -2.35. The molecule has 1 N–H and O–H groups in total. The maximum Gasteiger partial charge on any atom is 0.0445 e. The third kappa shape index (κ3) is 3.56. The van der Waals surface area contributed by atoms with Crippen molar-refractivity contribution < 1.29 is 0 Å². The highest BCUT2D eigenvalue weighted by Gasteiger charge is 2.23. The number of aryl methyl sites for hydroxylation is 1. The molecule has 0 bridgehead atoms. The summed E-state index contributed by atoms with van der Waals surface area (Å²) in [5.74, 6) is 0. The highest BCUT2D eigenvalue weighted by atomic mass is 32.1. The molecule has 0 amide bonds. The van der Waals surface area contributed by atoms with E-state index in [1.54, 1.807) is 4.88 Å². The molecule has 1 aromatic heterocycles. The molecular formula is C15H26N2S. The minimum Gasteiger partial charge on any atom is -0.314 e. The minimum atomic E-state index is 0.665. The van der Waals surface area contributed by atoms with Gasteiger partial charge in [-0.1, -0.05) is 26.2 Å². The van der Waals surface area contributed by atoms with Crippen LogP contribution in [0.25, 0.3) is 0 Å². The number of nitrogens with zero attached hydrogens (tertiary/aromatic N) is 1. The third-order valence-electron chi connectivity index (χ3n) is 3.88. The second-order valence-electron chi connectivity index (χ2n) is 5.27. The van der Waals surface area contributed by atoms with E-state index in [1.807, 2.05) is 11.3 Å². The predicted molar refractivity (Wildman–Crippen MR) is 80.4 cm³/mol. The molecule has 3 heteroatoms. The number of thiophene rings is 1. The van der Waals surface area contributed by atoms with Gasteiger partial charge in [-0.05, 0) is 30.4 Å². The Labute approximate surface area is 115 Å². The van der Waals surface area contributed by atoms with E-state index in [1.165, 1.54) is 44.3 Å². The summed E-state index contributed by atoms with van der Waals surface area (Å²) in [5.41, 5.74) is 1.49. The number of hydrogen-bond acceptors (Lipinski definition) is 3. The summed E-state index contributed by atoms with van der Waals surface area (Å²) in [6.07, 6.45) is 5.38. The van der Waals surface area contributed by atoms with E-state index in [9.17, 15) is 0 Å². The van der Waals surface area contributed by atoms with Gasteiger partial charge >= 0.3 is 0 Å². The van der Waals surface area contributed by atoms with Gasteiger partial charge in [0.25, 0.3) is 0 Å². The molecule has 0 aliphatic carbocycles. The number of nitrogens with one attached hydrogen (secondary N) is 1. The first-order valence-electron chi connectivity index (χ1n) is 7.31. The van der Waals surface area contributed by atoms with E-state index in [0.717, 1.165) is 13.1 Å². The van der Waals surface area contributed by atoms with Crippen LogP contribution in [0, 0.1) is 6.92 Å². The van der Waals surface area contributed by atoms with E-state index in [4.69, 9.17) is 0 Å². The van der Waals surface area contributed by atoms with Gasteiger partial charge < -0.3 is 5.32 Å². The molecular weight excluding hydrogens is 240 g/mol. The molecule has 1 aromatic rings.